The second-order valence-corrected chi connectivity index (χ2v) is 6.37. The van der Waals surface area contributed by atoms with Gasteiger partial charge in [-0.15, -0.1) is 0 Å². The number of nitrogens with one attached hydrogen (secondary N) is 3. The third-order valence-corrected chi connectivity index (χ3v) is 4.16. The van der Waals surface area contributed by atoms with E-state index in [1.165, 1.54) is 14.2 Å². The van der Waals surface area contributed by atoms with Crippen molar-refractivity contribution in [2.75, 3.05) is 47.7 Å². The lowest BCUT2D eigenvalue weighted by Crippen LogP contribution is -2.56. The second-order valence-electron chi connectivity index (χ2n) is 6.37. The van der Waals surface area contributed by atoms with Gasteiger partial charge in [-0.1, -0.05) is 30.3 Å². The minimum atomic E-state index is -0.815. The van der Waals surface area contributed by atoms with Gasteiger partial charge in [-0.25, -0.2) is 0 Å². The molecule has 0 unspecified atom stereocenters. The van der Waals surface area contributed by atoms with Crippen molar-refractivity contribution in [1.82, 2.24) is 16.0 Å². The highest BCUT2D eigenvalue weighted by Gasteiger charge is 2.26. The first kappa shape index (κ1) is 24.0. The lowest BCUT2D eigenvalue weighted by molar-refractivity contribution is -0.132. The van der Waals surface area contributed by atoms with Gasteiger partial charge in [0, 0.05) is 20.8 Å². The van der Waals surface area contributed by atoms with Crippen LogP contribution in [0.3, 0.4) is 0 Å². The van der Waals surface area contributed by atoms with Crippen LogP contribution in [0.1, 0.15) is 12.5 Å². The zero-order chi connectivity index (χ0) is 20.8. The fourth-order valence-electron chi connectivity index (χ4n) is 2.69. The molecule has 8 nitrogen and oxygen atoms in total. The SMILES string of the molecule is CCOC[C@H](Cc1ccccc1)NC(=O)[C@H](COC)NC(=O)[C@H](COC)NC. The van der Waals surface area contributed by atoms with Gasteiger partial charge in [-0.2, -0.15) is 0 Å². The number of amides is 2. The molecule has 2 amide bonds. The average Bonchev–Trinajstić information content (AvgIpc) is 2.70. The molecule has 0 saturated carbocycles. The zero-order valence-corrected chi connectivity index (χ0v) is 17.2. The van der Waals surface area contributed by atoms with E-state index in [9.17, 15) is 9.59 Å². The molecule has 0 bridgehead atoms. The molecular formula is C20H33N3O5. The fourth-order valence-corrected chi connectivity index (χ4v) is 2.69. The smallest absolute Gasteiger partial charge is 0.245 e. The molecular weight excluding hydrogens is 362 g/mol. The van der Waals surface area contributed by atoms with Gasteiger partial charge in [-0.05, 0) is 26.0 Å². The van der Waals surface area contributed by atoms with Crippen LogP contribution in [0.4, 0.5) is 0 Å². The van der Waals surface area contributed by atoms with Crippen LogP contribution >= 0.6 is 0 Å². The van der Waals surface area contributed by atoms with Crippen molar-refractivity contribution < 1.29 is 23.8 Å². The Morgan fingerprint density at radius 3 is 2.11 bits per heavy atom. The minimum Gasteiger partial charge on any atom is -0.383 e. The molecule has 3 atom stereocenters. The van der Waals surface area contributed by atoms with Crippen LogP contribution in [-0.2, 0) is 30.2 Å². The molecule has 1 aromatic rings. The summed E-state index contributed by atoms with van der Waals surface area (Å²) in [4.78, 5) is 25.2. The molecule has 158 valence electrons. The highest BCUT2D eigenvalue weighted by molar-refractivity contribution is 5.90. The third kappa shape index (κ3) is 8.79. The van der Waals surface area contributed by atoms with Crippen molar-refractivity contribution >= 4 is 11.8 Å². The quantitative estimate of drug-likeness (QED) is 0.414. The van der Waals surface area contributed by atoms with Crippen LogP contribution < -0.4 is 16.0 Å². The Morgan fingerprint density at radius 1 is 0.929 bits per heavy atom. The topological polar surface area (TPSA) is 97.9 Å². The van der Waals surface area contributed by atoms with Gasteiger partial charge in [0.05, 0.1) is 25.9 Å². The summed E-state index contributed by atoms with van der Waals surface area (Å²) in [5.41, 5.74) is 1.09. The summed E-state index contributed by atoms with van der Waals surface area (Å²) in [6, 6.07) is 8.27. The summed E-state index contributed by atoms with van der Waals surface area (Å²) in [6.07, 6.45) is 0.628. The van der Waals surface area contributed by atoms with E-state index in [-0.39, 0.29) is 31.1 Å². The number of methoxy groups -OCH3 is 2. The van der Waals surface area contributed by atoms with Crippen LogP contribution in [0.5, 0.6) is 0 Å². The molecule has 8 heteroatoms. The lowest BCUT2D eigenvalue weighted by atomic mass is 10.1. The number of hydrogen-bond donors (Lipinski definition) is 3. The van der Waals surface area contributed by atoms with E-state index in [1.54, 1.807) is 7.05 Å². The van der Waals surface area contributed by atoms with E-state index in [0.29, 0.717) is 19.6 Å². The number of likely N-dealkylation sites (N-methyl/N-ethyl adjacent to an activating group) is 1. The summed E-state index contributed by atoms with van der Waals surface area (Å²) in [6.45, 7) is 3.11. The van der Waals surface area contributed by atoms with Crippen LogP contribution in [-0.4, -0.2) is 77.6 Å². The standard InChI is InChI=1S/C20H33N3O5/c1-5-28-12-16(11-15-9-7-6-8-10-15)22-20(25)18(14-27-4)23-19(24)17(21-2)13-26-3/h6-10,16-18,21H,5,11-14H2,1-4H3,(H,22,25)(H,23,24)/t16-,17-,18-/m0/s1. The number of carbonyl (C=O) groups is 2. The summed E-state index contributed by atoms with van der Waals surface area (Å²) in [5.74, 6) is -0.644. The maximum Gasteiger partial charge on any atom is 0.245 e. The van der Waals surface area contributed by atoms with Crippen molar-refractivity contribution in [3.63, 3.8) is 0 Å². The molecule has 1 aromatic carbocycles. The molecule has 1 rings (SSSR count). The fraction of sp³-hybridized carbons (Fsp3) is 0.600. The molecule has 0 fully saturated rings. The van der Waals surface area contributed by atoms with E-state index in [2.05, 4.69) is 16.0 Å². The maximum absolute atomic E-state index is 12.8. The lowest BCUT2D eigenvalue weighted by Gasteiger charge is -2.24. The summed E-state index contributed by atoms with van der Waals surface area (Å²) >= 11 is 0. The maximum atomic E-state index is 12.8. The molecule has 0 radical (unpaired) electrons. The molecule has 0 aliphatic carbocycles. The van der Waals surface area contributed by atoms with Gasteiger partial charge in [-0.3, -0.25) is 9.59 Å². The molecule has 0 aromatic heterocycles. The Bertz CT molecular complexity index is 570. The van der Waals surface area contributed by atoms with E-state index < -0.39 is 12.1 Å². The highest BCUT2D eigenvalue weighted by Crippen LogP contribution is 2.04. The predicted molar refractivity (Wildman–Crippen MR) is 107 cm³/mol. The van der Waals surface area contributed by atoms with Crippen LogP contribution in [0.2, 0.25) is 0 Å². The van der Waals surface area contributed by atoms with Gasteiger partial charge in [0.1, 0.15) is 12.1 Å². The van der Waals surface area contributed by atoms with Crippen LogP contribution in [0.25, 0.3) is 0 Å². The zero-order valence-electron chi connectivity index (χ0n) is 17.2. The molecule has 0 saturated heterocycles. The Labute approximate surface area is 167 Å². The molecule has 0 aliphatic heterocycles. The summed E-state index contributed by atoms with van der Waals surface area (Å²) in [7, 11) is 4.66. The normalized spacial score (nSPS) is 14.1. The minimum absolute atomic E-state index is 0.0632. The Hall–Kier alpha value is -2.00. The van der Waals surface area contributed by atoms with E-state index >= 15 is 0 Å². The number of benzene rings is 1. The van der Waals surface area contributed by atoms with E-state index in [0.717, 1.165) is 5.56 Å². The predicted octanol–water partition coefficient (Wildman–Crippen LogP) is 0.116. The first-order valence-corrected chi connectivity index (χ1v) is 9.43. The number of rotatable bonds is 14. The first-order chi connectivity index (χ1) is 13.5. The van der Waals surface area contributed by atoms with Crippen LogP contribution in [0, 0.1) is 0 Å². The monoisotopic (exact) mass is 395 g/mol. The van der Waals surface area contributed by atoms with Crippen molar-refractivity contribution in [3.8, 4) is 0 Å². The van der Waals surface area contributed by atoms with Gasteiger partial charge in [0.25, 0.3) is 0 Å². The van der Waals surface area contributed by atoms with Crippen molar-refractivity contribution in [2.24, 2.45) is 0 Å². The Kier molecular flexibility index (Phi) is 12.1. The molecule has 3 N–H and O–H groups in total. The van der Waals surface area contributed by atoms with Crippen molar-refractivity contribution in [2.45, 2.75) is 31.5 Å². The van der Waals surface area contributed by atoms with Gasteiger partial charge < -0.3 is 30.2 Å². The van der Waals surface area contributed by atoms with Crippen molar-refractivity contribution in [3.05, 3.63) is 35.9 Å². The number of hydrogen-bond acceptors (Lipinski definition) is 6. The van der Waals surface area contributed by atoms with Gasteiger partial charge >= 0.3 is 0 Å². The first-order valence-electron chi connectivity index (χ1n) is 9.43. The third-order valence-electron chi connectivity index (χ3n) is 4.16. The summed E-state index contributed by atoms with van der Waals surface area (Å²) < 4.78 is 15.7. The van der Waals surface area contributed by atoms with E-state index in [1.807, 2.05) is 37.3 Å². The molecule has 0 aliphatic rings. The largest absolute Gasteiger partial charge is 0.383 e. The average molecular weight is 396 g/mol. The Balaban J connectivity index is 2.77. The highest BCUT2D eigenvalue weighted by atomic mass is 16.5. The molecule has 0 heterocycles. The number of carbonyl (C=O) groups excluding carboxylic acids is 2. The van der Waals surface area contributed by atoms with Crippen molar-refractivity contribution in [1.29, 1.82) is 0 Å². The Morgan fingerprint density at radius 2 is 1.54 bits per heavy atom. The van der Waals surface area contributed by atoms with E-state index in [4.69, 9.17) is 14.2 Å². The molecule has 0 spiro atoms. The van der Waals surface area contributed by atoms with Crippen LogP contribution in [0.15, 0.2) is 30.3 Å². The second kappa shape index (κ2) is 14.1. The van der Waals surface area contributed by atoms with Gasteiger partial charge in [0.2, 0.25) is 11.8 Å². The molecule has 28 heavy (non-hydrogen) atoms. The number of ether oxygens (including phenoxy) is 3. The van der Waals surface area contributed by atoms with Gasteiger partial charge in [0.15, 0.2) is 0 Å². The summed E-state index contributed by atoms with van der Waals surface area (Å²) in [5, 5.41) is 8.55.